The van der Waals surface area contributed by atoms with Crippen LogP contribution in [-0.4, -0.2) is 51.4 Å². The fourth-order valence-corrected chi connectivity index (χ4v) is 5.32. The van der Waals surface area contributed by atoms with Crippen molar-refractivity contribution in [2.45, 2.75) is 36.6 Å². The lowest BCUT2D eigenvalue weighted by Gasteiger charge is -2.37. The van der Waals surface area contributed by atoms with Crippen LogP contribution in [0.3, 0.4) is 0 Å². The van der Waals surface area contributed by atoms with E-state index in [2.05, 4.69) is 4.98 Å². The number of carbonyl (C=O) groups excluding carboxylic acids is 1. The molecule has 0 spiro atoms. The molecule has 1 amide bonds. The molecule has 0 bridgehead atoms. The first-order valence-corrected chi connectivity index (χ1v) is 8.83. The standard InChI is InChI=1S/C15H17N3O5S/c1-15(2)11(14(20)21)18-12(19)10(13(18)24(15,22)23)6-9-5-8(7-16)3-4-17-9/h3-6,11,13H,7,16H2,1-2H3,(H,20,21)/b10-6-/t11-,13?/m0/s1. The molecule has 1 aromatic heterocycles. The van der Waals surface area contributed by atoms with Crippen LogP contribution in [0, 0.1) is 0 Å². The van der Waals surface area contributed by atoms with Gasteiger partial charge in [-0.3, -0.25) is 9.78 Å². The molecule has 9 heteroatoms. The monoisotopic (exact) mass is 351 g/mol. The Hall–Kier alpha value is -2.26. The highest BCUT2D eigenvalue weighted by Gasteiger charge is 2.70. The van der Waals surface area contributed by atoms with Gasteiger partial charge < -0.3 is 15.7 Å². The van der Waals surface area contributed by atoms with Crippen molar-refractivity contribution in [3.05, 3.63) is 35.2 Å². The third-order valence-corrected chi connectivity index (χ3v) is 7.34. The van der Waals surface area contributed by atoms with E-state index in [-0.39, 0.29) is 12.1 Å². The number of nitrogens with two attached hydrogens (primary N) is 1. The second-order valence-corrected chi connectivity index (χ2v) is 8.94. The number of carboxylic acids is 1. The first-order chi connectivity index (χ1) is 11.1. The zero-order valence-corrected chi connectivity index (χ0v) is 13.9. The van der Waals surface area contributed by atoms with Crippen molar-refractivity contribution in [1.82, 2.24) is 9.88 Å². The molecule has 1 unspecified atom stereocenters. The highest BCUT2D eigenvalue weighted by Crippen LogP contribution is 2.48. The highest BCUT2D eigenvalue weighted by atomic mass is 32.2. The van der Waals surface area contributed by atoms with Gasteiger partial charge in [0.2, 0.25) is 0 Å². The molecular formula is C15H17N3O5S. The Kier molecular flexibility index (Phi) is 3.54. The number of aromatic nitrogens is 1. The minimum absolute atomic E-state index is 0.0356. The van der Waals surface area contributed by atoms with Crippen LogP contribution in [0.25, 0.3) is 6.08 Å². The molecule has 2 aliphatic rings. The van der Waals surface area contributed by atoms with Crippen LogP contribution in [0.2, 0.25) is 0 Å². The summed E-state index contributed by atoms with van der Waals surface area (Å²) in [5.74, 6) is -1.93. The van der Waals surface area contributed by atoms with E-state index >= 15 is 0 Å². The van der Waals surface area contributed by atoms with Crippen molar-refractivity contribution in [3.8, 4) is 0 Å². The lowest BCUT2D eigenvalue weighted by atomic mass is 9.95. The van der Waals surface area contributed by atoms with Crippen LogP contribution in [-0.2, 0) is 26.0 Å². The minimum atomic E-state index is -3.87. The second-order valence-electron chi connectivity index (χ2n) is 6.35. The summed E-state index contributed by atoms with van der Waals surface area (Å²) in [6, 6.07) is 1.97. The lowest BCUT2D eigenvalue weighted by molar-refractivity contribution is -0.152. The maximum absolute atomic E-state index is 12.7. The number of rotatable bonds is 3. The average molecular weight is 351 g/mol. The van der Waals surface area contributed by atoms with Crippen molar-refractivity contribution >= 4 is 27.8 Å². The summed E-state index contributed by atoms with van der Waals surface area (Å²) in [5, 5.41) is 8.12. The van der Waals surface area contributed by atoms with Gasteiger partial charge >= 0.3 is 5.97 Å². The van der Waals surface area contributed by atoms with Gasteiger partial charge in [0.1, 0.15) is 4.75 Å². The number of hydrogen-bond acceptors (Lipinski definition) is 6. The zero-order valence-electron chi connectivity index (χ0n) is 13.1. The van der Waals surface area contributed by atoms with Crippen LogP contribution in [0.5, 0.6) is 0 Å². The van der Waals surface area contributed by atoms with Crippen LogP contribution >= 0.6 is 0 Å². The van der Waals surface area contributed by atoms with Crippen molar-refractivity contribution < 1.29 is 23.1 Å². The average Bonchev–Trinajstić information content (AvgIpc) is 2.66. The molecule has 2 saturated heterocycles. The van der Waals surface area contributed by atoms with Gasteiger partial charge in [0, 0.05) is 12.7 Å². The van der Waals surface area contributed by atoms with E-state index in [0.29, 0.717) is 5.69 Å². The summed E-state index contributed by atoms with van der Waals surface area (Å²) in [6.07, 6.45) is 2.91. The third kappa shape index (κ3) is 2.01. The molecule has 0 aliphatic carbocycles. The van der Waals surface area contributed by atoms with Crippen molar-refractivity contribution in [1.29, 1.82) is 0 Å². The Morgan fingerprint density at radius 2 is 2.17 bits per heavy atom. The SMILES string of the molecule is CC1(C)[C@H](C(=O)O)N2C(=O)/C(=C/c3cc(CN)ccn3)C2S1(=O)=O. The molecule has 2 fully saturated rings. The summed E-state index contributed by atoms with van der Waals surface area (Å²) in [5.41, 5.74) is 6.79. The smallest absolute Gasteiger partial charge is 0.328 e. The van der Waals surface area contributed by atoms with Crippen LogP contribution < -0.4 is 5.73 Å². The molecule has 1 aromatic rings. The normalized spacial score (nSPS) is 28.5. The summed E-state index contributed by atoms with van der Waals surface area (Å²) in [6.45, 7) is 2.95. The van der Waals surface area contributed by atoms with Gasteiger partial charge in [0.05, 0.1) is 11.3 Å². The molecular weight excluding hydrogens is 334 g/mol. The predicted molar refractivity (Wildman–Crippen MR) is 85.2 cm³/mol. The lowest BCUT2D eigenvalue weighted by Crippen LogP contribution is -2.58. The first kappa shape index (κ1) is 16.6. The van der Waals surface area contributed by atoms with Crippen molar-refractivity contribution in [3.63, 3.8) is 0 Å². The number of hydrogen-bond donors (Lipinski definition) is 2. The minimum Gasteiger partial charge on any atom is -0.480 e. The van der Waals surface area contributed by atoms with E-state index in [0.717, 1.165) is 10.5 Å². The molecule has 3 heterocycles. The molecule has 8 nitrogen and oxygen atoms in total. The molecule has 2 aliphatic heterocycles. The molecule has 0 saturated carbocycles. The van der Waals surface area contributed by atoms with Crippen LogP contribution in [0.4, 0.5) is 0 Å². The van der Waals surface area contributed by atoms with Gasteiger partial charge in [0.25, 0.3) is 5.91 Å². The Bertz CT molecular complexity index is 875. The summed E-state index contributed by atoms with van der Waals surface area (Å²) in [4.78, 5) is 28.9. The van der Waals surface area contributed by atoms with Gasteiger partial charge in [-0.15, -0.1) is 0 Å². The Labute approximate surface area is 138 Å². The van der Waals surface area contributed by atoms with E-state index in [1.165, 1.54) is 26.1 Å². The summed E-state index contributed by atoms with van der Waals surface area (Å²) in [7, 11) is -3.87. The topological polar surface area (TPSA) is 131 Å². The van der Waals surface area contributed by atoms with Crippen LogP contribution in [0.15, 0.2) is 23.9 Å². The number of fused-ring (bicyclic) bond motifs is 1. The van der Waals surface area contributed by atoms with Gasteiger partial charge in [-0.1, -0.05) is 0 Å². The molecule has 3 N–H and O–H groups in total. The van der Waals surface area contributed by atoms with E-state index in [1.807, 2.05) is 0 Å². The molecule has 128 valence electrons. The summed E-state index contributed by atoms with van der Waals surface area (Å²) < 4.78 is 23.9. The number of carboxylic acid groups (broad SMARTS) is 1. The number of aliphatic carboxylic acids is 1. The van der Waals surface area contributed by atoms with Crippen molar-refractivity contribution in [2.24, 2.45) is 5.73 Å². The molecule has 24 heavy (non-hydrogen) atoms. The molecule has 2 atom stereocenters. The van der Waals surface area contributed by atoms with E-state index < -0.39 is 37.9 Å². The number of amides is 1. The van der Waals surface area contributed by atoms with Gasteiger partial charge in [-0.05, 0) is 37.6 Å². The number of sulfone groups is 1. The second kappa shape index (κ2) is 5.12. The fourth-order valence-electron chi connectivity index (χ4n) is 3.20. The van der Waals surface area contributed by atoms with Crippen molar-refractivity contribution in [2.75, 3.05) is 0 Å². The largest absolute Gasteiger partial charge is 0.480 e. The summed E-state index contributed by atoms with van der Waals surface area (Å²) >= 11 is 0. The highest BCUT2D eigenvalue weighted by molar-refractivity contribution is 7.94. The third-order valence-electron chi connectivity index (χ3n) is 4.58. The number of nitrogens with zero attached hydrogens (tertiary/aromatic N) is 2. The predicted octanol–water partition coefficient (Wildman–Crippen LogP) is -0.248. The maximum Gasteiger partial charge on any atom is 0.328 e. The number of pyridine rings is 1. The van der Waals surface area contributed by atoms with Crippen LogP contribution in [0.1, 0.15) is 25.1 Å². The van der Waals surface area contributed by atoms with Gasteiger partial charge in [0.15, 0.2) is 21.3 Å². The molecule has 0 radical (unpaired) electrons. The fraction of sp³-hybridized carbons (Fsp3) is 0.400. The molecule has 3 rings (SSSR count). The zero-order chi connectivity index (χ0) is 17.9. The van der Waals surface area contributed by atoms with Gasteiger partial charge in [-0.25, -0.2) is 13.2 Å². The maximum atomic E-state index is 12.7. The Balaban J connectivity index is 2.08. The van der Waals surface area contributed by atoms with E-state index in [4.69, 9.17) is 5.73 Å². The van der Waals surface area contributed by atoms with E-state index in [1.54, 1.807) is 12.1 Å². The quantitative estimate of drug-likeness (QED) is 0.567. The Morgan fingerprint density at radius 3 is 2.75 bits per heavy atom. The number of carbonyl (C=O) groups is 2. The Morgan fingerprint density at radius 1 is 1.50 bits per heavy atom. The van der Waals surface area contributed by atoms with E-state index in [9.17, 15) is 23.1 Å². The molecule has 0 aromatic carbocycles. The first-order valence-electron chi connectivity index (χ1n) is 7.28. The number of β-lactam (4-membered cyclic amide) rings is 1. The van der Waals surface area contributed by atoms with Gasteiger partial charge in [-0.2, -0.15) is 0 Å².